The van der Waals surface area contributed by atoms with Gasteiger partial charge in [-0.1, -0.05) is 20.3 Å². The van der Waals surface area contributed by atoms with Gasteiger partial charge in [-0.05, 0) is 44.6 Å². The molecule has 2 saturated carbocycles. The lowest BCUT2D eigenvalue weighted by atomic mass is 9.79. The summed E-state index contributed by atoms with van der Waals surface area (Å²) in [5.41, 5.74) is 0. The Bertz CT molecular complexity index is 203. The first kappa shape index (κ1) is 12.4. The van der Waals surface area contributed by atoms with E-state index < -0.39 is 0 Å². The summed E-state index contributed by atoms with van der Waals surface area (Å²) < 4.78 is 0. The van der Waals surface area contributed by atoms with Crippen molar-refractivity contribution in [3.63, 3.8) is 0 Å². The van der Waals surface area contributed by atoms with Crippen molar-refractivity contribution in [2.24, 2.45) is 11.8 Å². The van der Waals surface area contributed by atoms with E-state index in [-0.39, 0.29) is 0 Å². The average molecular weight is 224 g/mol. The minimum Gasteiger partial charge on any atom is -0.312 e. The molecule has 0 bridgehead atoms. The quantitative estimate of drug-likeness (QED) is 0.772. The Balaban J connectivity index is 1.66. The van der Waals surface area contributed by atoms with Gasteiger partial charge >= 0.3 is 0 Å². The second-order valence-corrected chi connectivity index (χ2v) is 6.08. The topological polar surface area (TPSA) is 15.3 Å². The molecular formula is C14H28N2. The van der Waals surface area contributed by atoms with Crippen molar-refractivity contribution in [1.29, 1.82) is 0 Å². The molecule has 2 fully saturated rings. The SMILES string of the molecule is CC1CCCC(C)C1NCCN(C)C1CC1. The number of nitrogens with zero attached hydrogens (tertiary/aromatic N) is 1. The normalized spacial score (nSPS) is 35.6. The van der Waals surface area contributed by atoms with Crippen LogP contribution in [0.1, 0.15) is 46.0 Å². The fourth-order valence-corrected chi connectivity index (χ4v) is 3.19. The van der Waals surface area contributed by atoms with Gasteiger partial charge in [-0.3, -0.25) is 0 Å². The Kier molecular flexibility index (Phi) is 4.26. The van der Waals surface area contributed by atoms with Crippen LogP contribution in [-0.2, 0) is 0 Å². The van der Waals surface area contributed by atoms with E-state index in [0.29, 0.717) is 0 Å². The highest BCUT2D eigenvalue weighted by molar-refractivity contribution is 4.85. The summed E-state index contributed by atoms with van der Waals surface area (Å²) in [6, 6.07) is 1.67. The summed E-state index contributed by atoms with van der Waals surface area (Å²) in [5, 5.41) is 3.79. The molecule has 0 amide bonds. The van der Waals surface area contributed by atoms with Crippen molar-refractivity contribution in [1.82, 2.24) is 10.2 Å². The summed E-state index contributed by atoms with van der Waals surface area (Å²) in [6.45, 7) is 7.23. The zero-order valence-electron chi connectivity index (χ0n) is 11.2. The van der Waals surface area contributed by atoms with E-state index in [2.05, 4.69) is 31.1 Å². The van der Waals surface area contributed by atoms with Crippen LogP contribution in [0.25, 0.3) is 0 Å². The van der Waals surface area contributed by atoms with Crippen LogP contribution in [0.2, 0.25) is 0 Å². The van der Waals surface area contributed by atoms with Crippen LogP contribution in [0.5, 0.6) is 0 Å². The molecule has 1 N–H and O–H groups in total. The van der Waals surface area contributed by atoms with E-state index in [4.69, 9.17) is 0 Å². The summed E-state index contributed by atoms with van der Waals surface area (Å²) in [7, 11) is 2.27. The van der Waals surface area contributed by atoms with Crippen LogP contribution >= 0.6 is 0 Å². The molecule has 2 heteroatoms. The van der Waals surface area contributed by atoms with Crippen molar-refractivity contribution in [3.8, 4) is 0 Å². The lowest BCUT2D eigenvalue weighted by Gasteiger charge is -2.35. The molecule has 0 radical (unpaired) electrons. The molecule has 2 nitrogen and oxygen atoms in total. The minimum atomic E-state index is 0.765. The molecule has 2 atom stereocenters. The Labute approximate surface area is 101 Å². The summed E-state index contributed by atoms with van der Waals surface area (Å²) in [6.07, 6.45) is 7.11. The first-order chi connectivity index (χ1) is 7.68. The lowest BCUT2D eigenvalue weighted by molar-refractivity contribution is 0.200. The van der Waals surface area contributed by atoms with Crippen LogP contribution in [-0.4, -0.2) is 37.1 Å². The van der Waals surface area contributed by atoms with E-state index >= 15 is 0 Å². The predicted molar refractivity (Wildman–Crippen MR) is 69.6 cm³/mol. The van der Waals surface area contributed by atoms with Gasteiger partial charge in [-0.25, -0.2) is 0 Å². The van der Waals surface area contributed by atoms with Crippen molar-refractivity contribution >= 4 is 0 Å². The number of hydrogen-bond donors (Lipinski definition) is 1. The average Bonchev–Trinajstić information content (AvgIpc) is 3.05. The predicted octanol–water partition coefficient (Wildman–Crippen LogP) is 2.49. The summed E-state index contributed by atoms with van der Waals surface area (Å²) >= 11 is 0. The van der Waals surface area contributed by atoms with Gasteiger partial charge in [0.1, 0.15) is 0 Å². The molecule has 0 aromatic carbocycles. The van der Waals surface area contributed by atoms with Crippen LogP contribution in [0, 0.1) is 11.8 Å². The monoisotopic (exact) mass is 224 g/mol. The van der Waals surface area contributed by atoms with Gasteiger partial charge in [0, 0.05) is 25.2 Å². The highest BCUT2D eigenvalue weighted by Crippen LogP contribution is 2.29. The second-order valence-electron chi connectivity index (χ2n) is 6.08. The van der Waals surface area contributed by atoms with Gasteiger partial charge in [0.05, 0.1) is 0 Å². The fraction of sp³-hybridized carbons (Fsp3) is 1.00. The molecule has 0 heterocycles. The molecule has 2 rings (SSSR count). The molecule has 2 aliphatic carbocycles. The summed E-state index contributed by atoms with van der Waals surface area (Å²) in [4.78, 5) is 2.52. The number of likely N-dealkylation sites (N-methyl/N-ethyl adjacent to an activating group) is 1. The maximum Gasteiger partial charge on any atom is 0.0119 e. The fourth-order valence-electron chi connectivity index (χ4n) is 3.19. The largest absolute Gasteiger partial charge is 0.312 e. The van der Waals surface area contributed by atoms with Crippen LogP contribution < -0.4 is 5.32 Å². The third-order valence-corrected chi connectivity index (χ3v) is 4.56. The first-order valence-corrected chi connectivity index (χ1v) is 7.12. The zero-order valence-corrected chi connectivity index (χ0v) is 11.2. The second kappa shape index (κ2) is 5.50. The zero-order chi connectivity index (χ0) is 11.5. The molecule has 0 aliphatic heterocycles. The Morgan fingerprint density at radius 3 is 2.25 bits per heavy atom. The van der Waals surface area contributed by atoms with E-state index in [0.717, 1.165) is 23.9 Å². The maximum atomic E-state index is 3.79. The van der Waals surface area contributed by atoms with Crippen LogP contribution in [0.15, 0.2) is 0 Å². The Hall–Kier alpha value is -0.0800. The van der Waals surface area contributed by atoms with Gasteiger partial charge < -0.3 is 10.2 Å². The Morgan fingerprint density at radius 1 is 1.06 bits per heavy atom. The highest BCUT2D eigenvalue weighted by atomic mass is 15.2. The third kappa shape index (κ3) is 3.21. The molecule has 2 aliphatic rings. The maximum absolute atomic E-state index is 3.79. The van der Waals surface area contributed by atoms with Crippen LogP contribution in [0.4, 0.5) is 0 Å². The smallest absolute Gasteiger partial charge is 0.0119 e. The van der Waals surface area contributed by atoms with Crippen molar-refractivity contribution in [3.05, 3.63) is 0 Å². The molecule has 0 aromatic rings. The van der Waals surface area contributed by atoms with E-state index in [1.165, 1.54) is 45.2 Å². The minimum absolute atomic E-state index is 0.765. The number of hydrogen-bond acceptors (Lipinski definition) is 2. The van der Waals surface area contributed by atoms with Crippen molar-refractivity contribution in [2.75, 3.05) is 20.1 Å². The Morgan fingerprint density at radius 2 is 1.69 bits per heavy atom. The summed E-state index contributed by atoms with van der Waals surface area (Å²) in [5.74, 6) is 1.74. The lowest BCUT2D eigenvalue weighted by Crippen LogP contribution is -2.45. The molecule has 2 unspecified atom stereocenters. The van der Waals surface area contributed by atoms with E-state index in [1.807, 2.05) is 0 Å². The van der Waals surface area contributed by atoms with Crippen LogP contribution in [0.3, 0.4) is 0 Å². The molecule has 0 spiro atoms. The van der Waals surface area contributed by atoms with E-state index in [1.54, 1.807) is 0 Å². The standard InChI is InChI=1S/C14H28N2/c1-11-5-4-6-12(2)14(11)15-9-10-16(3)13-7-8-13/h11-15H,4-10H2,1-3H3. The molecule has 0 aromatic heterocycles. The molecule has 94 valence electrons. The molecular weight excluding hydrogens is 196 g/mol. The van der Waals surface area contributed by atoms with Crippen molar-refractivity contribution < 1.29 is 0 Å². The molecule has 0 saturated heterocycles. The van der Waals surface area contributed by atoms with Gasteiger partial charge in [-0.2, -0.15) is 0 Å². The van der Waals surface area contributed by atoms with Gasteiger partial charge in [0.15, 0.2) is 0 Å². The van der Waals surface area contributed by atoms with Gasteiger partial charge in [0.2, 0.25) is 0 Å². The first-order valence-electron chi connectivity index (χ1n) is 7.12. The van der Waals surface area contributed by atoms with Gasteiger partial charge in [-0.15, -0.1) is 0 Å². The number of nitrogens with one attached hydrogen (secondary N) is 1. The van der Waals surface area contributed by atoms with E-state index in [9.17, 15) is 0 Å². The van der Waals surface area contributed by atoms with Crippen molar-refractivity contribution in [2.45, 2.75) is 58.0 Å². The molecule has 16 heavy (non-hydrogen) atoms. The van der Waals surface area contributed by atoms with Gasteiger partial charge in [0.25, 0.3) is 0 Å². The highest BCUT2D eigenvalue weighted by Gasteiger charge is 2.28. The third-order valence-electron chi connectivity index (χ3n) is 4.56. The number of rotatable bonds is 5.